The lowest BCUT2D eigenvalue weighted by Gasteiger charge is -2.18. The molecule has 184 valence electrons. The number of carboxylic acids is 1. The van der Waals surface area contributed by atoms with E-state index in [9.17, 15) is 14.3 Å². The lowest BCUT2D eigenvalue weighted by Crippen LogP contribution is -2.22. The van der Waals surface area contributed by atoms with E-state index < -0.39 is 17.8 Å². The first kappa shape index (κ1) is 26.5. The minimum Gasteiger partial charge on any atom is -0.480 e. The molecule has 0 aliphatic heterocycles. The molecule has 8 heteroatoms. The van der Waals surface area contributed by atoms with Crippen molar-refractivity contribution < 1.29 is 14.3 Å². The van der Waals surface area contributed by atoms with Gasteiger partial charge in [0.25, 0.3) is 0 Å². The second-order valence-corrected chi connectivity index (χ2v) is 9.66. The van der Waals surface area contributed by atoms with Gasteiger partial charge in [0.2, 0.25) is 0 Å². The number of benzene rings is 2. The molecular formula is C26H32Cl2FN3O2. The van der Waals surface area contributed by atoms with Crippen LogP contribution < -0.4 is 5.73 Å². The lowest BCUT2D eigenvalue weighted by molar-refractivity contribution is -0.141. The SMILES string of the molecule is CCCCC[C@@H](C(=O)O)n1c(-c2ccc(Cl)cc2)nc2cc(F)c(Cl)cc21.NC1CCCCC1. The summed E-state index contributed by atoms with van der Waals surface area (Å²) in [6.07, 6.45) is 9.79. The zero-order valence-corrected chi connectivity index (χ0v) is 21.0. The molecule has 1 aromatic heterocycles. The Morgan fingerprint density at radius 2 is 1.85 bits per heavy atom. The largest absolute Gasteiger partial charge is 0.480 e. The number of aromatic nitrogens is 2. The number of rotatable bonds is 7. The summed E-state index contributed by atoms with van der Waals surface area (Å²) in [7, 11) is 0. The number of nitrogens with two attached hydrogens (primary N) is 1. The van der Waals surface area contributed by atoms with Crippen LogP contribution in [0.25, 0.3) is 22.4 Å². The molecule has 3 N–H and O–H groups in total. The minimum atomic E-state index is -0.957. The summed E-state index contributed by atoms with van der Waals surface area (Å²) in [6, 6.07) is 9.34. The van der Waals surface area contributed by atoms with Crippen LogP contribution in [0, 0.1) is 5.82 Å². The Balaban J connectivity index is 0.000000396. The summed E-state index contributed by atoms with van der Waals surface area (Å²) < 4.78 is 15.6. The molecule has 0 amide bonds. The Morgan fingerprint density at radius 1 is 1.18 bits per heavy atom. The number of unbranched alkanes of at least 4 members (excludes halogenated alkanes) is 2. The Labute approximate surface area is 210 Å². The number of fused-ring (bicyclic) bond motifs is 1. The molecule has 0 unspecified atom stereocenters. The predicted octanol–water partition coefficient (Wildman–Crippen LogP) is 7.63. The van der Waals surface area contributed by atoms with Gasteiger partial charge in [-0.2, -0.15) is 0 Å². The molecule has 1 heterocycles. The van der Waals surface area contributed by atoms with Gasteiger partial charge in [-0.15, -0.1) is 0 Å². The van der Waals surface area contributed by atoms with Gasteiger partial charge in [0.05, 0.1) is 16.1 Å². The summed E-state index contributed by atoms with van der Waals surface area (Å²) in [6.45, 7) is 2.06. The molecule has 1 aliphatic carbocycles. The molecule has 0 saturated heterocycles. The van der Waals surface area contributed by atoms with Gasteiger partial charge < -0.3 is 15.4 Å². The first-order chi connectivity index (χ1) is 16.3. The van der Waals surface area contributed by atoms with Crippen LogP contribution in [-0.4, -0.2) is 26.7 Å². The van der Waals surface area contributed by atoms with Crippen LogP contribution >= 0.6 is 23.2 Å². The highest BCUT2D eigenvalue weighted by Gasteiger charge is 2.26. The molecule has 0 spiro atoms. The van der Waals surface area contributed by atoms with Gasteiger partial charge in [0, 0.05) is 22.7 Å². The van der Waals surface area contributed by atoms with Gasteiger partial charge >= 0.3 is 5.97 Å². The summed E-state index contributed by atoms with van der Waals surface area (Å²) in [5.41, 5.74) is 7.20. The van der Waals surface area contributed by atoms with Crippen LogP contribution in [0.5, 0.6) is 0 Å². The predicted molar refractivity (Wildman–Crippen MR) is 137 cm³/mol. The molecule has 1 saturated carbocycles. The average Bonchev–Trinajstić information content (AvgIpc) is 3.16. The quantitative estimate of drug-likeness (QED) is 0.322. The summed E-state index contributed by atoms with van der Waals surface area (Å²) in [5, 5.41) is 10.4. The molecule has 3 aromatic rings. The zero-order chi connectivity index (χ0) is 24.7. The monoisotopic (exact) mass is 507 g/mol. The molecule has 1 aliphatic rings. The highest BCUT2D eigenvalue weighted by molar-refractivity contribution is 6.31. The van der Waals surface area contributed by atoms with Crippen LogP contribution in [-0.2, 0) is 4.79 Å². The Kier molecular flexibility index (Phi) is 9.74. The number of aliphatic carboxylic acids is 1. The highest BCUT2D eigenvalue weighted by atomic mass is 35.5. The smallest absolute Gasteiger partial charge is 0.326 e. The number of imidazole rings is 1. The van der Waals surface area contributed by atoms with Gasteiger partial charge in [-0.3, -0.25) is 0 Å². The van der Waals surface area contributed by atoms with E-state index in [1.807, 2.05) is 0 Å². The van der Waals surface area contributed by atoms with Crippen LogP contribution in [0.4, 0.5) is 4.39 Å². The molecule has 2 aromatic carbocycles. The van der Waals surface area contributed by atoms with E-state index in [1.165, 1.54) is 44.2 Å². The van der Waals surface area contributed by atoms with E-state index in [0.717, 1.165) is 19.3 Å². The fraction of sp³-hybridized carbons (Fsp3) is 0.462. The summed E-state index contributed by atoms with van der Waals surface area (Å²) >= 11 is 11.9. The van der Waals surface area contributed by atoms with Crippen molar-refractivity contribution in [2.24, 2.45) is 5.73 Å². The van der Waals surface area contributed by atoms with Crippen LogP contribution in [0.3, 0.4) is 0 Å². The van der Waals surface area contributed by atoms with Crippen molar-refractivity contribution >= 4 is 40.2 Å². The van der Waals surface area contributed by atoms with E-state index in [1.54, 1.807) is 28.8 Å². The second kappa shape index (κ2) is 12.5. The normalized spacial score (nSPS) is 15.1. The molecule has 4 rings (SSSR count). The van der Waals surface area contributed by atoms with Gasteiger partial charge in [-0.1, -0.05) is 68.7 Å². The van der Waals surface area contributed by atoms with Crippen LogP contribution in [0.1, 0.15) is 70.8 Å². The first-order valence-corrected chi connectivity index (χ1v) is 12.7. The second-order valence-electron chi connectivity index (χ2n) is 8.82. The van der Waals surface area contributed by atoms with Crippen molar-refractivity contribution in [1.29, 1.82) is 0 Å². The average molecular weight is 508 g/mol. The first-order valence-electron chi connectivity index (χ1n) is 11.9. The molecule has 0 bridgehead atoms. The van der Waals surface area contributed by atoms with Gasteiger partial charge in [0.15, 0.2) is 0 Å². The number of carboxylic acid groups (broad SMARTS) is 1. The fourth-order valence-electron chi connectivity index (χ4n) is 4.29. The topological polar surface area (TPSA) is 81.1 Å². The highest BCUT2D eigenvalue weighted by Crippen LogP contribution is 2.33. The third kappa shape index (κ3) is 6.71. The summed E-state index contributed by atoms with van der Waals surface area (Å²) in [5.74, 6) is -1.09. The van der Waals surface area contributed by atoms with Gasteiger partial charge in [-0.05, 0) is 49.6 Å². The molecular weight excluding hydrogens is 476 g/mol. The van der Waals surface area contributed by atoms with Crippen molar-refractivity contribution in [1.82, 2.24) is 9.55 Å². The van der Waals surface area contributed by atoms with E-state index in [2.05, 4.69) is 11.9 Å². The van der Waals surface area contributed by atoms with E-state index in [4.69, 9.17) is 28.9 Å². The maximum Gasteiger partial charge on any atom is 0.326 e. The Hall–Kier alpha value is -2.15. The molecule has 5 nitrogen and oxygen atoms in total. The van der Waals surface area contributed by atoms with E-state index in [-0.39, 0.29) is 5.02 Å². The standard InChI is InChI=1S/C20H19Cl2FN2O2.C6H13N/c1-2-3-4-5-17(20(26)27)25-18-10-14(22)15(23)11-16(18)24-19(25)12-6-8-13(21)9-7-12;7-6-4-2-1-3-5-6/h6-11,17H,2-5H2,1H3,(H,26,27);6H,1-5,7H2/t17-;/m0./s1. The zero-order valence-electron chi connectivity index (χ0n) is 19.4. The minimum absolute atomic E-state index is 0.0657. The Morgan fingerprint density at radius 3 is 2.41 bits per heavy atom. The van der Waals surface area contributed by atoms with Crippen molar-refractivity contribution in [3.05, 3.63) is 52.3 Å². The van der Waals surface area contributed by atoms with Crippen LogP contribution in [0.2, 0.25) is 10.0 Å². The van der Waals surface area contributed by atoms with Crippen LogP contribution in [0.15, 0.2) is 36.4 Å². The number of carbonyl (C=O) groups is 1. The molecule has 1 fully saturated rings. The van der Waals surface area contributed by atoms with Crippen molar-refractivity contribution in [3.8, 4) is 11.4 Å². The number of halogens is 3. The lowest BCUT2D eigenvalue weighted by atomic mass is 9.97. The van der Waals surface area contributed by atoms with Gasteiger partial charge in [0.1, 0.15) is 17.7 Å². The maximum atomic E-state index is 13.9. The van der Waals surface area contributed by atoms with E-state index in [0.29, 0.717) is 39.9 Å². The van der Waals surface area contributed by atoms with Crippen molar-refractivity contribution in [2.45, 2.75) is 76.8 Å². The molecule has 1 atom stereocenters. The summed E-state index contributed by atoms with van der Waals surface area (Å²) in [4.78, 5) is 16.6. The number of hydrogen-bond donors (Lipinski definition) is 2. The van der Waals surface area contributed by atoms with Gasteiger partial charge in [-0.25, -0.2) is 14.2 Å². The van der Waals surface area contributed by atoms with Crippen molar-refractivity contribution in [3.63, 3.8) is 0 Å². The third-order valence-electron chi connectivity index (χ3n) is 6.16. The third-order valence-corrected chi connectivity index (χ3v) is 6.70. The maximum absolute atomic E-state index is 13.9. The molecule has 0 radical (unpaired) electrons. The van der Waals surface area contributed by atoms with Crippen molar-refractivity contribution in [2.75, 3.05) is 0 Å². The number of nitrogens with zero attached hydrogens (tertiary/aromatic N) is 2. The molecule has 34 heavy (non-hydrogen) atoms. The Bertz CT molecular complexity index is 1100. The van der Waals surface area contributed by atoms with E-state index >= 15 is 0 Å². The fourth-order valence-corrected chi connectivity index (χ4v) is 4.58. The number of hydrogen-bond acceptors (Lipinski definition) is 3.